The highest BCUT2D eigenvalue weighted by Gasteiger charge is 1.96. The third kappa shape index (κ3) is 21.6. The minimum atomic E-state index is 0.158. The Morgan fingerprint density at radius 1 is 0.762 bits per heavy atom. The van der Waals surface area contributed by atoms with Crippen LogP contribution in [0.2, 0.25) is 0 Å². The molecule has 0 aliphatic rings. The van der Waals surface area contributed by atoms with Crippen molar-refractivity contribution in [2.24, 2.45) is 0 Å². The first kappa shape index (κ1) is 22.4. The molecule has 3 nitrogen and oxygen atoms in total. The molecule has 0 bridgehead atoms. The van der Waals surface area contributed by atoms with Crippen molar-refractivity contribution in [3.05, 3.63) is 0 Å². The van der Waals surface area contributed by atoms with E-state index < -0.39 is 0 Å². The van der Waals surface area contributed by atoms with Gasteiger partial charge in [-0.1, -0.05) is 65.7 Å². The molecule has 0 aliphatic carbocycles. The molecule has 0 heterocycles. The molecular weight excluding hydrogens is 262 g/mol. The largest absolute Gasteiger partial charge is 0.356 e. The van der Waals surface area contributed by atoms with Crippen LogP contribution < -0.4 is 5.32 Å². The number of carbonyl (C=O) groups is 2. The van der Waals surface area contributed by atoms with E-state index in [2.05, 4.69) is 5.32 Å². The van der Waals surface area contributed by atoms with E-state index in [0.29, 0.717) is 12.2 Å². The van der Waals surface area contributed by atoms with Crippen molar-refractivity contribution in [1.82, 2.24) is 5.32 Å². The number of carbonyl (C=O) groups excluding carboxylic acids is 2. The summed E-state index contributed by atoms with van der Waals surface area (Å²) in [4.78, 5) is 21.7. The first-order chi connectivity index (χ1) is 10.2. The van der Waals surface area contributed by atoms with Crippen LogP contribution in [0, 0.1) is 0 Å². The van der Waals surface area contributed by atoms with Crippen LogP contribution in [0.25, 0.3) is 0 Å². The fourth-order valence-electron chi connectivity index (χ4n) is 2.09. The monoisotopic (exact) mass is 299 g/mol. The van der Waals surface area contributed by atoms with Crippen LogP contribution in [0.5, 0.6) is 0 Å². The lowest BCUT2D eigenvalue weighted by molar-refractivity contribution is -0.120. The van der Waals surface area contributed by atoms with Gasteiger partial charge in [-0.05, 0) is 19.8 Å². The van der Waals surface area contributed by atoms with Gasteiger partial charge in [-0.25, -0.2) is 0 Å². The average Bonchev–Trinajstić information content (AvgIpc) is 2.49. The maximum atomic E-state index is 11.0. The summed E-state index contributed by atoms with van der Waals surface area (Å²) < 4.78 is 0. The number of rotatable bonds is 13. The number of unbranched alkanes of at least 4 members (excludes halogenated alkanes) is 8. The first-order valence-corrected chi connectivity index (χ1v) is 8.93. The smallest absolute Gasteiger partial charge is 0.219 e. The van der Waals surface area contributed by atoms with Crippen molar-refractivity contribution in [2.75, 3.05) is 6.54 Å². The molecule has 0 aromatic carbocycles. The predicted molar refractivity (Wildman–Crippen MR) is 91.5 cm³/mol. The molecule has 0 fully saturated rings. The van der Waals surface area contributed by atoms with Gasteiger partial charge >= 0.3 is 0 Å². The third-order valence-corrected chi connectivity index (χ3v) is 3.35. The summed E-state index contributed by atoms with van der Waals surface area (Å²) in [5.74, 6) is 0.473. The standard InChI is InChI=1S/C16H31NO2.C2H6/c1-3-16(19)17-14-12-10-8-6-4-5-7-9-11-13-15(2)18;1-2/h3-14H2,1-2H3,(H,17,19);1-2H3. The van der Waals surface area contributed by atoms with Gasteiger partial charge in [0.25, 0.3) is 0 Å². The zero-order valence-corrected chi connectivity index (χ0v) is 14.8. The molecule has 0 aromatic rings. The fraction of sp³-hybridized carbons (Fsp3) is 0.889. The van der Waals surface area contributed by atoms with Crippen molar-refractivity contribution in [1.29, 1.82) is 0 Å². The predicted octanol–water partition coefficient (Wildman–Crippen LogP) is 5.03. The Bertz CT molecular complexity index is 239. The summed E-state index contributed by atoms with van der Waals surface area (Å²) in [5.41, 5.74) is 0. The van der Waals surface area contributed by atoms with E-state index in [-0.39, 0.29) is 5.91 Å². The van der Waals surface area contributed by atoms with Gasteiger partial charge in [0.05, 0.1) is 0 Å². The van der Waals surface area contributed by atoms with Gasteiger partial charge in [-0.2, -0.15) is 0 Å². The SMILES string of the molecule is CC.CCC(=O)NCCCCCCCCCCCC(C)=O. The highest BCUT2D eigenvalue weighted by molar-refractivity contribution is 5.75. The number of nitrogens with one attached hydrogen (secondary N) is 1. The second kappa shape index (κ2) is 19.1. The summed E-state index contributed by atoms with van der Waals surface area (Å²) in [6.45, 7) is 8.38. The maximum absolute atomic E-state index is 11.0. The second-order valence-corrected chi connectivity index (χ2v) is 5.34. The molecule has 1 N–H and O–H groups in total. The van der Waals surface area contributed by atoms with Gasteiger partial charge in [0.2, 0.25) is 5.91 Å². The summed E-state index contributed by atoms with van der Waals surface area (Å²) in [6, 6.07) is 0. The lowest BCUT2D eigenvalue weighted by Gasteiger charge is -2.04. The van der Waals surface area contributed by atoms with E-state index in [0.717, 1.165) is 25.8 Å². The maximum Gasteiger partial charge on any atom is 0.219 e. The molecule has 0 saturated carbocycles. The Balaban J connectivity index is 0. The zero-order chi connectivity index (χ0) is 16.3. The fourth-order valence-corrected chi connectivity index (χ4v) is 2.09. The number of hydrogen-bond donors (Lipinski definition) is 1. The molecular formula is C18H37NO2. The Labute approximate surface area is 132 Å². The molecule has 0 rings (SSSR count). The second-order valence-electron chi connectivity index (χ2n) is 5.34. The van der Waals surface area contributed by atoms with Crippen LogP contribution in [0.3, 0.4) is 0 Å². The molecule has 0 unspecified atom stereocenters. The Hall–Kier alpha value is -0.860. The lowest BCUT2D eigenvalue weighted by atomic mass is 10.1. The molecule has 0 atom stereocenters. The number of hydrogen-bond acceptors (Lipinski definition) is 2. The highest BCUT2D eigenvalue weighted by Crippen LogP contribution is 2.10. The van der Waals surface area contributed by atoms with Crippen molar-refractivity contribution >= 4 is 11.7 Å². The Morgan fingerprint density at radius 3 is 1.62 bits per heavy atom. The van der Waals surface area contributed by atoms with E-state index in [4.69, 9.17) is 0 Å². The van der Waals surface area contributed by atoms with Gasteiger partial charge in [-0.15, -0.1) is 0 Å². The van der Waals surface area contributed by atoms with Crippen LogP contribution in [0.1, 0.15) is 98.3 Å². The quantitative estimate of drug-likeness (QED) is 0.485. The molecule has 0 spiro atoms. The van der Waals surface area contributed by atoms with Crippen LogP contribution in [-0.2, 0) is 9.59 Å². The lowest BCUT2D eigenvalue weighted by Crippen LogP contribution is -2.23. The van der Waals surface area contributed by atoms with Gasteiger partial charge in [0.15, 0.2) is 0 Å². The highest BCUT2D eigenvalue weighted by atomic mass is 16.1. The third-order valence-electron chi connectivity index (χ3n) is 3.35. The van der Waals surface area contributed by atoms with E-state index >= 15 is 0 Å². The minimum absolute atomic E-state index is 0.158. The van der Waals surface area contributed by atoms with Crippen LogP contribution >= 0.6 is 0 Å². The molecule has 0 radical (unpaired) electrons. The molecule has 0 aliphatic heterocycles. The van der Waals surface area contributed by atoms with Gasteiger partial charge < -0.3 is 10.1 Å². The summed E-state index contributed by atoms with van der Waals surface area (Å²) in [5, 5.41) is 2.90. The molecule has 1 amide bonds. The van der Waals surface area contributed by atoms with E-state index in [1.807, 2.05) is 20.8 Å². The molecule has 0 saturated heterocycles. The van der Waals surface area contributed by atoms with Crippen molar-refractivity contribution < 1.29 is 9.59 Å². The zero-order valence-electron chi connectivity index (χ0n) is 14.8. The average molecular weight is 299 g/mol. The number of ketones is 1. The number of amides is 1. The van der Waals surface area contributed by atoms with Crippen LogP contribution in [0.4, 0.5) is 0 Å². The van der Waals surface area contributed by atoms with Gasteiger partial charge in [0.1, 0.15) is 5.78 Å². The number of Topliss-reactive ketones (excluding diaryl/α,β-unsaturated/α-hetero) is 1. The summed E-state index contributed by atoms with van der Waals surface area (Å²) in [7, 11) is 0. The first-order valence-electron chi connectivity index (χ1n) is 8.93. The summed E-state index contributed by atoms with van der Waals surface area (Å²) >= 11 is 0. The van der Waals surface area contributed by atoms with E-state index in [1.165, 1.54) is 44.9 Å². The summed E-state index contributed by atoms with van der Waals surface area (Å²) in [6.07, 6.45) is 12.4. The van der Waals surface area contributed by atoms with E-state index in [1.54, 1.807) is 6.92 Å². The molecule has 21 heavy (non-hydrogen) atoms. The minimum Gasteiger partial charge on any atom is -0.356 e. The van der Waals surface area contributed by atoms with E-state index in [9.17, 15) is 9.59 Å². The van der Waals surface area contributed by atoms with Gasteiger partial charge in [0, 0.05) is 19.4 Å². The van der Waals surface area contributed by atoms with Crippen LogP contribution in [0.15, 0.2) is 0 Å². The van der Waals surface area contributed by atoms with Gasteiger partial charge in [-0.3, -0.25) is 4.79 Å². The van der Waals surface area contributed by atoms with Crippen molar-refractivity contribution in [3.8, 4) is 0 Å². The van der Waals surface area contributed by atoms with Crippen molar-refractivity contribution in [2.45, 2.75) is 98.3 Å². The Kier molecular flexibility index (Phi) is 20.4. The van der Waals surface area contributed by atoms with Crippen molar-refractivity contribution in [3.63, 3.8) is 0 Å². The molecule has 126 valence electrons. The van der Waals surface area contributed by atoms with Crippen LogP contribution in [-0.4, -0.2) is 18.2 Å². The molecule has 3 heteroatoms. The Morgan fingerprint density at radius 2 is 1.19 bits per heavy atom. The normalized spacial score (nSPS) is 9.71. The topological polar surface area (TPSA) is 46.2 Å². The molecule has 0 aromatic heterocycles.